The molecule has 19 heavy (non-hydrogen) atoms. The number of benzene rings is 1. The molecule has 2 aromatic rings. The standard InChI is InChI=1S/C14H16ClN3S/c1-9-11(7-16)10(2)18-14(17-9)8-19-13-6-4-3-5-12(13)15/h3-6H,7-8,16H2,1-2H3. The highest BCUT2D eigenvalue weighted by Crippen LogP contribution is 2.28. The Morgan fingerprint density at radius 3 is 2.37 bits per heavy atom. The Morgan fingerprint density at radius 1 is 1.16 bits per heavy atom. The van der Waals surface area contributed by atoms with Gasteiger partial charge in [-0.25, -0.2) is 9.97 Å². The van der Waals surface area contributed by atoms with Crippen LogP contribution in [0, 0.1) is 13.8 Å². The second-order valence-electron chi connectivity index (χ2n) is 4.21. The second kappa shape index (κ2) is 6.37. The van der Waals surface area contributed by atoms with Crippen molar-refractivity contribution in [3.8, 4) is 0 Å². The molecule has 5 heteroatoms. The van der Waals surface area contributed by atoms with Crippen molar-refractivity contribution in [2.75, 3.05) is 0 Å². The lowest BCUT2D eigenvalue weighted by atomic mass is 10.2. The maximum absolute atomic E-state index is 6.12. The third-order valence-corrected chi connectivity index (χ3v) is 4.38. The van der Waals surface area contributed by atoms with Gasteiger partial charge in [0.1, 0.15) is 5.82 Å². The first kappa shape index (κ1) is 14.3. The van der Waals surface area contributed by atoms with Gasteiger partial charge in [0.25, 0.3) is 0 Å². The van der Waals surface area contributed by atoms with E-state index < -0.39 is 0 Å². The van der Waals surface area contributed by atoms with E-state index in [1.54, 1.807) is 11.8 Å². The second-order valence-corrected chi connectivity index (χ2v) is 5.64. The van der Waals surface area contributed by atoms with Crippen LogP contribution in [0.25, 0.3) is 0 Å². The fraction of sp³-hybridized carbons (Fsp3) is 0.286. The van der Waals surface area contributed by atoms with Crippen molar-refractivity contribution in [1.82, 2.24) is 9.97 Å². The Morgan fingerprint density at radius 2 is 1.79 bits per heavy atom. The Kier molecular flexibility index (Phi) is 4.80. The largest absolute Gasteiger partial charge is 0.326 e. The minimum absolute atomic E-state index is 0.482. The highest BCUT2D eigenvalue weighted by molar-refractivity contribution is 7.98. The molecule has 0 radical (unpaired) electrons. The first-order valence-corrected chi connectivity index (χ1v) is 7.38. The molecule has 100 valence electrons. The Balaban J connectivity index is 2.15. The van der Waals surface area contributed by atoms with Gasteiger partial charge in [0, 0.05) is 28.4 Å². The number of hydrogen-bond acceptors (Lipinski definition) is 4. The number of hydrogen-bond donors (Lipinski definition) is 1. The van der Waals surface area contributed by atoms with Crippen molar-refractivity contribution < 1.29 is 0 Å². The van der Waals surface area contributed by atoms with Crippen LogP contribution < -0.4 is 5.73 Å². The summed E-state index contributed by atoms with van der Waals surface area (Å²) < 4.78 is 0. The van der Waals surface area contributed by atoms with Crippen LogP contribution in [0.2, 0.25) is 5.02 Å². The molecule has 0 spiro atoms. The van der Waals surface area contributed by atoms with Gasteiger partial charge in [-0.3, -0.25) is 0 Å². The molecule has 0 aliphatic carbocycles. The quantitative estimate of drug-likeness (QED) is 0.877. The van der Waals surface area contributed by atoms with Crippen molar-refractivity contribution in [3.05, 3.63) is 52.1 Å². The maximum atomic E-state index is 6.12. The smallest absolute Gasteiger partial charge is 0.139 e. The van der Waals surface area contributed by atoms with Gasteiger partial charge in [-0.1, -0.05) is 23.7 Å². The van der Waals surface area contributed by atoms with E-state index >= 15 is 0 Å². The molecule has 0 aliphatic heterocycles. The van der Waals surface area contributed by atoms with Crippen LogP contribution in [0.1, 0.15) is 22.8 Å². The molecular weight excluding hydrogens is 278 g/mol. The van der Waals surface area contributed by atoms with Gasteiger partial charge in [0.15, 0.2) is 0 Å². The average molecular weight is 294 g/mol. The first-order valence-electron chi connectivity index (χ1n) is 6.02. The summed E-state index contributed by atoms with van der Waals surface area (Å²) in [7, 11) is 0. The van der Waals surface area contributed by atoms with Gasteiger partial charge >= 0.3 is 0 Å². The number of rotatable bonds is 4. The summed E-state index contributed by atoms with van der Waals surface area (Å²) in [5, 5.41) is 0.763. The van der Waals surface area contributed by atoms with E-state index in [1.807, 2.05) is 38.1 Å². The summed E-state index contributed by atoms with van der Waals surface area (Å²) in [4.78, 5) is 10.0. The molecule has 0 bridgehead atoms. The molecule has 1 aromatic heterocycles. The number of nitrogens with zero attached hydrogens (tertiary/aromatic N) is 2. The number of aromatic nitrogens is 2. The first-order chi connectivity index (χ1) is 9.11. The van der Waals surface area contributed by atoms with Crippen LogP contribution in [0.4, 0.5) is 0 Å². The topological polar surface area (TPSA) is 51.8 Å². The normalized spacial score (nSPS) is 10.7. The molecule has 0 amide bonds. The molecular formula is C14H16ClN3S. The molecule has 0 saturated heterocycles. The summed E-state index contributed by atoms with van der Waals surface area (Å²) in [5.41, 5.74) is 8.64. The summed E-state index contributed by atoms with van der Waals surface area (Å²) in [6, 6.07) is 7.79. The van der Waals surface area contributed by atoms with Crippen LogP contribution in [-0.2, 0) is 12.3 Å². The van der Waals surface area contributed by atoms with Crippen molar-refractivity contribution in [3.63, 3.8) is 0 Å². The zero-order valence-electron chi connectivity index (χ0n) is 11.0. The highest BCUT2D eigenvalue weighted by Gasteiger charge is 2.08. The molecule has 2 rings (SSSR count). The molecule has 3 nitrogen and oxygen atoms in total. The van der Waals surface area contributed by atoms with Crippen LogP contribution in [-0.4, -0.2) is 9.97 Å². The zero-order valence-corrected chi connectivity index (χ0v) is 12.6. The van der Waals surface area contributed by atoms with Crippen molar-refractivity contribution in [2.45, 2.75) is 31.0 Å². The maximum Gasteiger partial charge on any atom is 0.139 e. The minimum Gasteiger partial charge on any atom is -0.326 e. The van der Waals surface area contributed by atoms with Crippen LogP contribution in [0.3, 0.4) is 0 Å². The van der Waals surface area contributed by atoms with Crippen molar-refractivity contribution >= 4 is 23.4 Å². The summed E-state index contributed by atoms with van der Waals surface area (Å²) in [6.45, 7) is 4.43. The molecule has 0 fully saturated rings. The summed E-state index contributed by atoms with van der Waals surface area (Å²) in [6.07, 6.45) is 0. The van der Waals surface area contributed by atoms with Gasteiger partial charge in [-0.15, -0.1) is 11.8 Å². The number of halogens is 1. The minimum atomic E-state index is 0.482. The number of aryl methyl sites for hydroxylation is 2. The highest BCUT2D eigenvalue weighted by atomic mass is 35.5. The number of nitrogens with two attached hydrogens (primary N) is 1. The fourth-order valence-corrected chi connectivity index (χ4v) is 2.97. The van der Waals surface area contributed by atoms with Gasteiger partial charge < -0.3 is 5.73 Å². The SMILES string of the molecule is Cc1nc(CSc2ccccc2Cl)nc(C)c1CN. The zero-order chi connectivity index (χ0) is 13.8. The molecule has 1 heterocycles. The molecule has 0 saturated carbocycles. The van der Waals surface area contributed by atoms with E-state index in [1.165, 1.54) is 0 Å². The predicted octanol–water partition coefficient (Wildman–Crippen LogP) is 3.50. The molecule has 2 N–H and O–H groups in total. The van der Waals surface area contributed by atoms with Crippen LogP contribution >= 0.6 is 23.4 Å². The lowest BCUT2D eigenvalue weighted by molar-refractivity contribution is 0.891. The van der Waals surface area contributed by atoms with Gasteiger partial charge in [-0.05, 0) is 26.0 Å². The fourth-order valence-electron chi connectivity index (χ4n) is 1.87. The Bertz CT molecular complexity index is 564. The predicted molar refractivity (Wildman–Crippen MR) is 80.4 cm³/mol. The summed E-state index contributed by atoms with van der Waals surface area (Å²) >= 11 is 7.77. The van der Waals surface area contributed by atoms with Crippen LogP contribution in [0.5, 0.6) is 0 Å². The van der Waals surface area contributed by atoms with E-state index in [9.17, 15) is 0 Å². The van der Waals surface area contributed by atoms with Gasteiger partial charge in [-0.2, -0.15) is 0 Å². The lowest BCUT2D eigenvalue weighted by Gasteiger charge is -2.09. The van der Waals surface area contributed by atoms with E-state index in [2.05, 4.69) is 9.97 Å². The van der Waals surface area contributed by atoms with Gasteiger partial charge in [0.2, 0.25) is 0 Å². The Labute approximate surface area is 122 Å². The average Bonchev–Trinajstić information content (AvgIpc) is 2.37. The molecule has 0 unspecified atom stereocenters. The third-order valence-electron chi connectivity index (χ3n) is 2.86. The molecule has 0 atom stereocenters. The van der Waals surface area contributed by atoms with Crippen LogP contribution in [0.15, 0.2) is 29.2 Å². The van der Waals surface area contributed by atoms with E-state index in [4.69, 9.17) is 17.3 Å². The summed E-state index contributed by atoms with van der Waals surface area (Å²) in [5.74, 6) is 1.52. The van der Waals surface area contributed by atoms with Crippen molar-refractivity contribution in [2.24, 2.45) is 5.73 Å². The third kappa shape index (κ3) is 3.47. The van der Waals surface area contributed by atoms with E-state index in [0.29, 0.717) is 12.3 Å². The lowest BCUT2D eigenvalue weighted by Crippen LogP contribution is -2.08. The van der Waals surface area contributed by atoms with E-state index in [0.717, 1.165) is 32.7 Å². The van der Waals surface area contributed by atoms with Gasteiger partial charge in [0.05, 0.1) is 10.8 Å². The number of thioether (sulfide) groups is 1. The monoisotopic (exact) mass is 293 g/mol. The van der Waals surface area contributed by atoms with Crippen molar-refractivity contribution in [1.29, 1.82) is 0 Å². The Hall–Kier alpha value is -1.10. The molecule has 0 aliphatic rings. The molecule has 1 aromatic carbocycles. The van der Waals surface area contributed by atoms with E-state index in [-0.39, 0.29) is 0 Å².